The van der Waals surface area contributed by atoms with E-state index in [1.54, 1.807) is 18.2 Å². The molecule has 1 aromatic carbocycles. The van der Waals surface area contributed by atoms with E-state index in [-0.39, 0.29) is 18.1 Å². The fourth-order valence-corrected chi connectivity index (χ4v) is 2.37. The van der Waals surface area contributed by atoms with Crippen molar-refractivity contribution in [2.45, 2.75) is 32.4 Å². The van der Waals surface area contributed by atoms with Crippen molar-refractivity contribution < 1.29 is 19.7 Å². The van der Waals surface area contributed by atoms with Crippen LogP contribution < -0.4 is 0 Å². The molecule has 2 aromatic rings. The molecule has 0 amide bonds. The summed E-state index contributed by atoms with van der Waals surface area (Å²) in [5, 5.41) is 19.0. The van der Waals surface area contributed by atoms with E-state index in [4.69, 9.17) is 9.84 Å². The van der Waals surface area contributed by atoms with Gasteiger partial charge < -0.3 is 19.5 Å². The number of carboxylic acids is 1. The first-order valence-corrected chi connectivity index (χ1v) is 6.84. The second-order valence-corrected chi connectivity index (χ2v) is 5.35. The van der Waals surface area contributed by atoms with Crippen molar-refractivity contribution in [1.82, 2.24) is 9.55 Å². The van der Waals surface area contributed by atoms with Gasteiger partial charge in [-0.05, 0) is 18.2 Å². The van der Waals surface area contributed by atoms with Gasteiger partial charge in [0.25, 0.3) is 0 Å². The summed E-state index contributed by atoms with van der Waals surface area (Å²) in [6.45, 7) is 4.63. The van der Waals surface area contributed by atoms with Crippen LogP contribution in [-0.4, -0.2) is 45.6 Å². The number of aliphatic hydroxyl groups is 1. The molecule has 0 radical (unpaired) electrons. The fourth-order valence-electron chi connectivity index (χ4n) is 2.37. The Balaban J connectivity index is 2.50. The topological polar surface area (TPSA) is 84.6 Å². The lowest BCUT2D eigenvalue weighted by atomic mass is 10.2. The van der Waals surface area contributed by atoms with Gasteiger partial charge in [0.15, 0.2) is 0 Å². The Morgan fingerprint density at radius 3 is 2.71 bits per heavy atom. The van der Waals surface area contributed by atoms with Crippen molar-refractivity contribution in [3.8, 4) is 0 Å². The van der Waals surface area contributed by atoms with Crippen molar-refractivity contribution >= 4 is 17.0 Å². The minimum absolute atomic E-state index is 0.167. The van der Waals surface area contributed by atoms with Crippen molar-refractivity contribution in [3.63, 3.8) is 0 Å². The second kappa shape index (κ2) is 6.24. The van der Waals surface area contributed by atoms with Gasteiger partial charge in [-0.25, -0.2) is 9.78 Å². The first-order valence-electron chi connectivity index (χ1n) is 6.84. The maximum absolute atomic E-state index is 11.0. The molecule has 6 heteroatoms. The standard InChI is InChI=1S/C15H20N2O4/c1-9(2)14-16-12-6-10(15(19)20)4-5-13(12)17(14)7-11(18)8-21-3/h4-6,9,11,18H,7-8H2,1-3H3,(H,19,20). The number of aromatic carboxylic acids is 1. The van der Waals surface area contributed by atoms with E-state index in [9.17, 15) is 9.90 Å². The van der Waals surface area contributed by atoms with Crippen LogP contribution in [0.15, 0.2) is 18.2 Å². The number of hydrogen-bond acceptors (Lipinski definition) is 4. The molecular weight excluding hydrogens is 272 g/mol. The van der Waals surface area contributed by atoms with E-state index >= 15 is 0 Å². The maximum atomic E-state index is 11.0. The highest BCUT2D eigenvalue weighted by Gasteiger charge is 2.17. The normalized spacial score (nSPS) is 13.0. The number of benzene rings is 1. The Labute approximate surface area is 123 Å². The monoisotopic (exact) mass is 292 g/mol. The van der Waals surface area contributed by atoms with Gasteiger partial charge >= 0.3 is 5.97 Å². The summed E-state index contributed by atoms with van der Waals surface area (Å²) in [7, 11) is 1.54. The number of carboxylic acid groups (broad SMARTS) is 1. The summed E-state index contributed by atoms with van der Waals surface area (Å²) in [6, 6.07) is 4.84. The molecule has 21 heavy (non-hydrogen) atoms. The zero-order valence-electron chi connectivity index (χ0n) is 12.4. The summed E-state index contributed by atoms with van der Waals surface area (Å²) in [6.07, 6.45) is -0.635. The van der Waals surface area contributed by atoms with Crippen LogP contribution in [0.2, 0.25) is 0 Å². The molecule has 0 aliphatic carbocycles. The number of imidazole rings is 1. The molecule has 1 aromatic heterocycles. The number of aromatic nitrogens is 2. The van der Waals surface area contributed by atoms with Crippen molar-refractivity contribution in [1.29, 1.82) is 0 Å². The largest absolute Gasteiger partial charge is 0.478 e. The average molecular weight is 292 g/mol. The van der Waals surface area contributed by atoms with Crippen LogP contribution in [0.4, 0.5) is 0 Å². The van der Waals surface area contributed by atoms with Crippen LogP contribution in [0.3, 0.4) is 0 Å². The fraction of sp³-hybridized carbons (Fsp3) is 0.467. The van der Waals surface area contributed by atoms with Gasteiger partial charge in [0.1, 0.15) is 5.82 Å². The third kappa shape index (κ3) is 3.22. The molecule has 0 fully saturated rings. The number of carbonyl (C=O) groups is 1. The van der Waals surface area contributed by atoms with Gasteiger partial charge in [0.2, 0.25) is 0 Å². The molecule has 2 N–H and O–H groups in total. The number of fused-ring (bicyclic) bond motifs is 1. The predicted octanol–water partition coefficient (Wildman–Crippen LogP) is 1.87. The summed E-state index contributed by atoms with van der Waals surface area (Å²) in [5.41, 5.74) is 1.65. The number of nitrogens with zero attached hydrogens (tertiary/aromatic N) is 2. The smallest absolute Gasteiger partial charge is 0.335 e. The van der Waals surface area contributed by atoms with Crippen LogP contribution in [-0.2, 0) is 11.3 Å². The molecule has 0 spiro atoms. The molecule has 1 atom stereocenters. The molecule has 0 bridgehead atoms. The Bertz CT molecular complexity index is 648. The molecule has 2 rings (SSSR count). The third-order valence-corrected chi connectivity index (χ3v) is 3.29. The Morgan fingerprint density at radius 2 is 2.14 bits per heavy atom. The molecule has 1 unspecified atom stereocenters. The van der Waals surface area contributed by atoms with Gasteiger partial charge in [0, 0.05) is 13.0 Å². The summed E-state index contributed by atoms with van der Waals surface area (Å²) < 4.78 is 6.88. The lowest BCUT2D eigenvalue weighted by Crippen LogP contribution is -2.22. The van der Waals surface area contributed by atoms with Crippen LogP contribution in [0.1, 0.15) is 35.9 Å². The average Bonchev–Trinajstić information content (AvgIpc) is 2.77. The molecule has 114 valence electrons. The molecule has 0 aliphatic rings. The first-order chi connectivity index (χ1) is 9.93. The summed E-state index contributed by atoms with van der Waals surface area (Å²) in [4.78, 5) is 15.6. The Kier molecular flexibility index (Phi) is 4.59. The number of ether oxygens (including phenoxy) is 1. The SMILES string of the molecule is COCC(O)Cn1c(C(C)C)nc2cc(C(=O)O)ccc21. The minimum Gasteiger partial charge on any atom is -0.478 e. The lowest BCUT2D eigenvalue weighted by molar-refractivity contribution is 0.0537. The van der Waals surface area contributed by atoms with Gasteiger partial charge in [0.05, 0.1) is 35.9 Å². The minimum atomic E-state index is -0.975. The van der Waals surface area contributed by atoms with E-state index in [1.807, 2.05) is 18.4 Å². The highest BCUT2D eigenvalue weighted by Crippen LogP contribution is 2.23. The van der Waals surface area contributed by atoms with E-state index in [0.29, 0.717) is 12.1 Å². The van der Waals surface area contributed by atoms with Crippen molar-refractivity contribution in [2.24, 2.45) is 0 Å². The van der Waals surface area contributed by atoms with Crippen LogP contribution in [0, 0.1) is 0 Å². The first kappa shape index (κ1) is 15.5. The van der Waals surface area contributed by atoms with Crippen LogP contribution >= 0.6 is 0 Å². The molecule has 0 saturated heterocycles. The van der Waals surface area contributed by atoms with Crippen molar-refractivity contribution in [2.75, 3.05) is 13.7 Å². The highest BCUT2D eigenvalue weighted by atomic mass is 16.5. The van der Waals surface area contributed by atoms with E-state index < -0.39 is 12.1 Å². The van der Waals surface area contributed by atoms with Crippen molar-refractivity contribution in [3.05, 3.63) is 29.6 Å². The number of methoxy groups -OCH3 is 1. The Hall–Kier alpha value is -1.92. The molecule has 1 heterocycles. The maximum Gasteiger partial charge on any atom is 0.335 e. The Morgan fingerprint density at radius 1 is 1.43 bits per heavy atom. The zero-order chi connectivity index (χ0) is 15.6. The number of hydrogen-bond donors (Lipinski definition) is 2. The number of rotatable bonds is 6. The highest BCUT2D eigenvalue weighted by molar-refractivity contribution is 5.92. The van der Waals surface area contributed by atoms with E-state index in [0.717, 1.165) is 11.3 Å². The van der Waals surface area contributed by atoms with E-state index in [2.05, 4.69) is 4.98 Å². The molecule has 6 nitrogen and oxygen atoms in total. The molecule has 0 aliphatic heterocycles. The van der Waals surface area contributed by atoms with Crippen LogP contribution in [0.5, 0.6) is 0 Å². The second-order valence-electron chi connectivity index (χ2n) is 5.35. The molecule has 0 saturated carbocycles. The van der Waals surface area contributed by atoms with Gasteiger partial charge in [-0.15, -0.1) is 0 Å². The van der Waals surface area contributed by atoms with E-state index in [1.165, 1.54) is 7.11 Å². The zero-order valence-corrected chi connectivity index (χ0v) is 12.4. The van der Waals surface area contributed by atoms with Crippen LogP contribution in [0.25, 0.3) is 11.0 Å². The third-order valence-electron chi connectivity index (χ3n) is 3.29. The summed E-state index contributed by atoms with van der Waals surface area (Å²) >= 11 is 0. The number of aliphatic hydroxyl groups excluding tert-OH is 1. The van der Waals surface area contributed by atoms with Gasteiger partial charge in [-0.2, -0.15) is 0 Å². The summed E-state index contributed by atoms with van der Waals surface area (Å²) in [5.74, 6) is 0.0140. The predicted molar refractivity (Wildman–Crippen MR) is 78.7 cm³/mol. The lowest BCUT2D eigenvalue weighted by Gasteiger charge is -2.15. The molecular formula is C15H20N2O4. The van der Waals surface area contributed by atoms with Gasteiger partial charge in [-0.1, -0.05) is 13.8 Å². The van der Waals surface area contributed by atoms with Gasteiger partial charge in [-0.3, -0.25) is 0 Å². The quantitative estimate of drug-likeness (QED) is 0.849.